The van der Waals surface area contributed by atoms with E-state index in [1.54, 1.807) is 13.8 Å². The van der Waals surface area contributed by atoms with Gasteiger partial charge in [-0.2, -0.15) is 0 Å². The van der Waals surface area contributed by atoms with Crippen molar-refractivity contribution in [3.05, 3.63) is 28.2 Å². The lowest BCUT2D eigenvalue weighted by atomic mass is 10.3. The standard InChI is InChI=1S/C10H10Cl2O3S2/c1-6(2)10(13)16-17(14,15)9-4-7(11)3-8(12)5-9/h3-6H,1-2H3. The number of carbonyl (C=O) groups excluding carboxylic acids is 1. The number of halogens is 2. The van der Waals surface area contributed by atoms with Crippen LogP contribution in [0.3, 0.4) is 0 Å². The van der Waals surface area contributed by atoms with Gasteiger partial charge in [-0.25, -0.2) is 8.42 Å². The molecule has 0 amide bonds. The predicted octanol–water partition coefficient (Wildman–Crippen LogP) is 3.60. The second-order valence-electron chi connectivity index (χ2n) is 3.62. The van der Waals surface area contributed by atoms with Crippen LogP contribution in [0.5, 0.6) is 0 Å². The number of benzene rings is 1. The van der Waals surface area contributed by atoms with Gasteiger partial charge < -0.3 is 0 Å². The van der Waals surface area contributed by atoms with Crippen LogP contribution in [0.15, 0.2) is 23.1 Å². The Labute approximate surface area is 114 Å². The lowest BCUT2D eigenvalue weighted by Gasteiger charge is -2.06. The summed E-state index contributed by atoms with van der Waals surface area (Å²) in [7, 11) is -3.45. The molecule has 0 fully saturated rings. The van der Waals surface area contributed by atoms with Crippen molar-refractivity contribution in [1.82, 2.24) is 0 Å². The number of hydrogen-bond acceptors (Lipinski definition) is 4. The van der Waals surface area contributed by atoms with Crippen LogP contribution in [-0.4, -0.2) is 13.5 Å². The van der Waals surface area contributed by atoms with E-state index in [0.717, 1.165) is 0 Å². The molecule has 94 valence electrons. The molecule has 0 aliphatic heterocycles. The molecule has 0 saturated carbocycles. The van der Waals surface area contributed by atoms with Crippen LogP contribution in [-0.2, 0) is 13.7 Å². The molecule has 7 heteroatoms. The molecule has 3 nitrogen and oxygen atoms in total. The number of carbonyl (C=O) groups is 1. The summed E-state index contributed by atoms with van der Waals surface area (Å²) in [5, 5.41) is 0.0171. The Balaban J connectivity index is 3.09. The summed E-state index contributed by atoms with van der Waals surface area (Å²) in [6.07, 6.45) is 0. The Morgan fingerprint density at radius 2 is 1.65 bits per heavy atom. The molecular weight excluding hydrogens is 303 g/mol. The molecule has 1 aromatic rings. The Kier molecular flexibility index (Phi) is 4.89. The highest BCUT2D eigenvalue weighted by molar-refractivity contribution is 8.77. The van der Waals surface area contributed by atoms with Crippen molar-refractivity contribution in [3.8, 4) is 0 Å². The van der Waals surface area contributed by atoms with Crippen molar-refractivity contribution in [2.75, 3.05) is 0 Å². The Morgan fingerprint density at radius 3 is 2.06 bits per heavy atom. The Morgan fingerprint density at radius 1 is 1.18 bits per heavy atom. The first kappa shape index (κ1) is 14.8. The molecule has 0 N–H and O–H groups in total. The minimum atomic E-state index is -3.75. The number of rotatable bonds is 3. The molecule has 0 atom stereocenters. The molecule has 1 rings (SSSR count). The van der Waals surface area contributed by atoms with Gasteiger partial charge in [0.1, 0.15) is 0 Å². The van der Waals surface area contributed by atoms with Gasteiger partial charge in [0.2, 0.25) is 14.0 Å². The van der Waals surface area contributed by atoms with Crippen molar-refractivity contribution in [3.63, 3.8) is 0 Å². The van der Waals surface area contributed by atoms with Gasteiger partial charge >= 0.3 is 0 Å². The zero-order valence-corrected chi connectivity index (χ0v) is 12.3. The van der Waals surface area contributed by atoms with E-state index in [-0.39, 0.29) is 20.9 Å². The van der Waals surface area contributed by atoms with E-state index in [0.29, 0.717) is 10.8 Å². The normalized spacial score (nSPS) is 11.8. The summed E-state index contributed by atoms with van der Waals surface area (Å²) in [4.78, 5) is 11.4. The number of hydrogen-bond donors (Lipinski definition) is 0. The maximum Gasteiger partial charge on any atom is 0.237 e. The van der Waals surface area contributed by atoms with Gasteiger partial charge in [0.25, 0.3) is 0 Å². The van der Waals surface area contributed by atoms with Gasteiger partial charge in [-0.3, -0.25) is 4.79 Å². The molecule has 0 spiro atoms. The van der Waals surface area contributed by atoms with Crippen LogP contribution >= 0.6 is 34.0 Å². The average molecular weight is 313 g/mol. The predicted molar refractivity (Wildman–Crippen MR) is 71.1 cm³/mol. The third-order valence-corrected chi connectivity index (χ3v) is 5.62. The van der Waals surface area contributed by atoms with Crippen molar-refractivity contribution in [2.45, 2.75) is 18.7 Å². The fourth-order valence-electron chi connectivity index (χ4n) is 0.925. The summed E-state index contributed by atoms with van der Waals surface area (Å²) < 4.78 is 23.8. The fourth-order valence-corrected chi connectivity index (χ4v) is 4.43. The van der Waals surface area contributed by atoms with Crippen molar-refractivity contribution in [1.29, 1.82) is 0 Å². The monoisotopic (exact) mass is 312 g/mol. The zero-order valence-electron chi connectivity index (χ0n) is 9.11. The molecular formula is C10H10Cl2O3S2. The summed E-state index contributed by atoms with van der Waals surface area (Å²) in [6, 6.07) is 3.96. The van der Waals surface area contributed by atoms with E-state index in [2.05, 4.69) is 0 Å². The summed E-state index contributed by atoms with van der Waals surface area (Å²) >= 11 is 11.4. The van der Waals surface area contributed by atoms with Gasteiger partial charge in [0, 0.05) is 26.8 Å². The van der Waals surface area contributed by atoms with E-state index < -0.39 is 14.0 Å². The van der Waals surface area contributed by atoms with E-state index >= 15 is 0 Å². The van der Waals surface area contributed by atoms with Crippen molar-refractivity contribution < 1.29 is 13.2 Å². The lowest BCUT2D eigenvalue weighted by molar-refractivity contribution is -0.113. The molecule has 0 bridgehead atoms. The second-order valence-corrected chi connectivity index (χ2v) is 8.25. The highest BCUT2D eigenvalue weighted by atomic mass is 35.5. The first-order valence-corrected chi connectivity index (χ1v) is 8.24. The third-order valence-electron chi connectivity index (χ3n) is 1.79. The van der Waals surface area contributed by atoms with Gasteiger partial charge in [-0.1, -0.05) is 37.0 Å². The van der Waals surface area contributed by atoms with E-state index in [9.17, 15) is 13.2 Å². The summed E-state index contributed by atoms with van der Waals surface area (Å²) in [5.74, 6) is -0.357. The molecule has 0 heterocycles. The Bertz CT molecular complexity index is 518. The molecule has 0 aliphatic carbocycles. The molecule has 0 aliphatic rings. The van der Waals surface area contributed by atoms with Gasteiger partial charge in [-0.05, 0) is 18.2 Å². The van der Waals surface area contributed by atoms with Crippen LogP contribution in [0.2, 0.25) is 10.0 Å². The highest BCUT2D eigenvalue weighted by Crippen LogP contribution is 2.30. The Hall–Kier alpha value is -0.230. The van der Waals surface area contributed by atoms with Crippen LogP contribution in [0.25, 0.3) is 0 Å². The zero-order chi connectivity index (χ0) is 13.2. The van der Waals surface area contributed by atoms with Crippen LogP contribution in [0, 0.1) is 5.92 Å². The van der Waals surface area contributed by atoms with Gasteiger partial charge in [-0.15, -0.1) is 0 Å². The second kappa shape index (κ2) is 5.61. The SMILES string of the molecule is CC(C)C(=O)SS(=O)(=O)c1cc(Cl)cc(Cl)c1. The molecule has 0 saturated heterocycles. The lowest BCUT2D eigenvalue weighted by Crippen LogP contribution is -2.07. The topological polar surface area (TPSA) is 51.2 Å². The molecule has 0 unspecified atom stereocenters. The molecule has 1 aromatic carbocycles. The average Bonchev–Trinajstić information content (AvgIpc) is 2.15. The first-order chi connectivity index (χ1) is 7.72. The third kappa shape index (κ3) is 4.17. The summed E-state index contributed by atoms with van der Waals surface area (Å²) in [5.41, 5.74) is 0. The maximum atomic E-state index is 11.9. The molecule has 0 radical (unpaired) electrons. The smallest absolute Gasteiger partial charge is 0.237 e. The van der Waals surface area contributed by atoms with Gasteiger partial charge in [0.05, 0.1) is 4.90 Å². The maximum absolute atomic E-state index is 11.9. The quantitative estimate of drug-likeness (QED) is 0.800. The largest absolute Gasteiger partial charge is 0.286 e. The van der Waals surface area contributed by atoms with E-state index in [1.807, 2.05) is 0 Å². The summed E-state index contributed by atoms with van der Waals surface area (Å²) in [6.45, 7) is 3.27. The minimum absolute atomic E-state index is 0.0611. The first-order valence-electron chi connectivity index (χ1n) is 4.67. The highest BCUT2D eigenvalue weighted by Gasteiger charge is 2.23. The minimum Gasteiger partial charge on any atom is -0.286 e. The van der Waals surface area contributed by atoms with Crippen LogP contribution in [0.4, 0.5) is 0 Å². The van der Waals surface area contributed by atoms with Crippen molar-refractivity contribution >= 4 is 48.0 Å². The molecule has 0 aromatic heterocycles. The van der Waals surface area contributed by atoms with Crippen LogP contribution in [0.1, 0.15) is 13.8 Å². The van der Waals surface area contributed by atoms with Crippen LogP contribution < -0.4 is 0 Å². The fraction of sp³-hybridized carbons (Fsp3) is 0.300. The van der Waals surface area contributed by atoms with E-state index in [1.165, 1.54) is 18.2 Å². The van der Waals surface area contributed by atoms with Crippen molar-refractivity contribution in [2.24, 2.45) is 5.92 Å². The van der Waals surface area contributed by atoms with Gasteiger partial charge in [0.15, 0.2) is 0 Å². The van der Waals surface area contributed by atoms with E-state index in [4.69, 9.17) is 23.2 Å². The molecule has 17 heavy (non-hydrogen) atoms.